The second kappa shape index (κ2) is 2.58. The van der Waals surface area contributed by atoms with Gasteiger partial charge in [-0.15, -0.1) is 0 Å². The molecule has 0 bridgehead atoms. The van der Waals surface area contributed by atoms with Crippen LogP contribution in [0.25, 0.3) is 0 Å². The molecule has 1 N–H and O–H groups in total. The van der Waals surface area contributed by atoms with Crippen LogP contribution in [0.3, 0.4) is 0 Å². The van der Waals surface area contributed by atoms with Crippen molar-refractivity contribution in [3.63, 3.8) is 0 Å². The summed E-state index contributed by atoms with van der Waals surface area (Å²) < 4.78 is 19.7. The van der Waals surface area contributed by atoms with Gasteiger partial charge in [-0.2, -0.15) is 5.26 Å². The molecule has 6 heteroatoms. The van der Waals surface area contributed by atoms with Gasteiger partial charge >= 0.3 is 7.82 Å². The molecule has 1 aliphatic heterocycles. The van der Waals surface area contributed by atoms with Gasteiger partial charge in [-0.25, -0.2) is 4.57 Å². The van der Waals surface area contributed by atoms with Crippen molar-refractivity contribution in [3.05, 3.63) is 0 Å². The van der Waals surface area contributed by atoms with Gasteiger partial charge in [0.2, 0.25) is 5.79 Å². The molecule has 0 aromatic rings. The second-order valence-corrected chi connectivity index (χ2v) is 3.55. The van der Waals surface area contributed by atoms with Crippen molar-refractivity contribution < 1.29 is 18.5 Å². The molecule has 1 rings (SSSR count). The van der Waals surface area contributed by atoms with Gasteiger partial charge in [0.25, 0.3) is 0 Å². The van der Waals surface area contributed by atoms with Crippen molar-refractivity contribution in [2.45, 2.75) is 25.6 Å². The quantitative estimate of drug-likeness (QED) is 0.640. The molecule has 0 amide bonds. The standard InChI is InChI=1S/C5H8NO4P/c1-2-5(3-4-6)9-11(7,8)10-5/h2-3H2,1H3,(H,7,8). The van der Waals surface area contributed by atoms with E-state index in [1.807, 2.05) is 6.07 Å². The van der Waals surface area contributed by atoms with Crippen LogP contribution in [0.5, 0.6) is 0 Å². The maximum atomic E-state index is 10.5. The number of nitriles is 1. The van der Waals surface area contributed by atoms with Crippen LogP contribution in [0.15, 0.2) is 0 Å². The van der Waals surface area contributed by atoms with Gasteiger partial charge in [0.1, 0.15) is 0 Å². The van der Waals surface area contributed by atoms with E-state index < -0.39 is 13.6 Å². The number of hydrogen-bond acceptors (Lipinski definition) is 4. The largest absolute Gasteiger partial charge is 0.477 e. The number of hydrogen-bond donors (Lipinski definition) is 1. The van der Waals surface area contributed by atoms with Gasteiger partial charge in [0.15, 0.2) is 0 Å². The molecule has 0 unspecified atom stereocenters. The lowest BCUT2D eigenvalue weighted by molar-refractivity contribution is -0.214. The Morgan fingerprint density at radius 2 is 2.27 bits per heavy atom. The fourth-order valence-corrected chi connectivity index (χ4v) is 2.11. The summed E-state index contributed by atoms with van der Waals surface area (Å²) in [5, 5.41) is 8.29. The molecule has 0 aromatic heterocycles. The van der Waals surface area contributed by atoms with Gasteiger partial charge in [-0.3, -0.25) is 9.05 Å². The third kappa shape index (κ3) is 1.60. The van der Waals surface area contributed by atoms with Gasteiger partial charge in [0, 0.05) is 6.42 Å². The molecular weight excluding hydrogens is 169 g/mol. The molecule has 5 nitrogen and oxygen atoms in total. The minimum absolute atomic E-state index is 0.0198. The van der Waals surface area contributed by atoms with Crippen molar-refractivity contribution in [3.8, 4) is 6.07 Å². The van der Waals surface area contributed by atoms with Crippen LogP contribution >= 0.6 is 7.82 Å². The van der Waals surface area contributed by atoms with E-state index in [4.69, 9.17) is 10.2 Å². The molecule has 0 aromatic carbocycles. The van der Waals surface area contributed by atoms with E-state index in [1.54, 1.807) is 6.92 Å². The zero-order valence-electron chi connectivity index (χ0n) is 5.98. The Hall–Kier alpha value is -0.400. The lowest BCUT2D eigenvalue weighted by atomic mass is 10.1. The van der Waals surface area contributed by atoms with E-state index in [-0.39, 0.29) is 6.42 Å². The van der Waals surface area contributed by atoms with Crippen molar-refractivity contribution in [2.24, 2.45) is 0 Å². The summed E-state index contributed by atoms with van der Waals surface area (Å²) in [6, 6.07) is 1.82. The Kier molecular flexibility index (Phi) is 2.04. The molecular formula is C5H8NO4P. The summed E-state index contributed by atoms with van der Waals surface area (Å²) in [6.45, 7) is 1.72. The minimum atomic E-state index is -3.78. The Balaban J connectivity index is 2.58. The number of nitrogens with zero attached hydrogens (tertiary/aromatic N) is 1. The first-order valence-electron chi connectivity index (χ1n) is 3.15. The van der Waals surface area contributed by atoms with Crippen LogP contribution < -0.4 is 0 Å². The van der Waals surface area contributed by atoms with E-state index in [2.05, 4.69) is 9.05 Å². The lowest BCUT2D eigenvalue weighted by Crippen LogP contribution is -2.41. The summed E-state index contributed by atoms with van der Waals surface area (Å²) in [4.78, 5) is 8.61. The number of rotatable bonds is 2. The third-order valence-electron chi connectivity index (χ3n) is 1.45. The fourth-order valence-electron chi connectivity index (χ4n) is 0.866. The monoisotopic (exact) mass is 177 g/mol. The maximum absolute atomic E-state index is 10.5. The molecule has 11 heavy (non-hydrogen) atoms. The highest BCUT2D eigenvalue weighted by atomic mass is 31.2. The predicted octanol–water partition coefficient (Wildman–Crippen LogP) is 1.15. The average molecular weight is 177 g/mol. The summed E-state index contributed by atoms with van der Waals surface area (Å²) in [6.07, 6.45) is 0.374. The van der Waals surface area contributed by atoms with Crippen LogP contribution in [-0.4, -0.2) is 10.7 Å². The van der Waals surface area contributed by atoms with Crippen molar-refractivity contribution in [1.29, 1.82) is 5.26 Å². The summed E-state index contributed by atoms with van der Waals surface area (Å²) in [7, 11) is -3.78. The van der Waals surface area contributed by atoms with E-state index >= 15 is 0 Å². The molecule has 0 aliphatic carbocycles. The zero-order chi connectivity index (χ0) is 8.54. The molecule has 62 valence electrons. The average Bonchev–Trinajstić information content (AvgIpc) is 1.84. The van der Waals surface area contributed by atoms with E-state index in [9.17, 15) is 4.57 Å². The van der Waals surface area contributed by atoms with Crippen LogP contribution in [-0.2, 0) is 13.6 Å². The van der Waals surface area contributed by atoms with Gasteiger partial charge in [-0.1, -0.05) is 6.92 Å². The third-order valence-corrected chi connectivity index (χ3v) is 2.58. The molecule has 1 heterocycles. The summed E-state index contributed by atoms with van der Waals surface area (Å²) in [5.41, 5.74) is 0. The van der Waals surface area contributed by atoms with Gasteiger partial charge in [-0.05, 0) is 0 Å². The fraction of sp³-hybridized carbons (Fsp3) is 0.800. The van der Waals surface area contributed by atoms with Crippen LogP contribution in [0.1, 0.15) is 19.8 Å². The number of phosphoric acid groups is 1. The Morgan fingerprint density at radius 1 is 1.73 bits per heavy atom. The molecule has 1 saturated heterocycles. The highest BCUT2D eigenvalue weighted by molar-refractivity contribution is 7.48. The Labute approximate surface area is 64.2 Å². The summed E-state index contributed by atoms with van der Waals surface area (Å²) in [5.74, 6) is -1.13. The Morgan fingerprint density at radius 3 is 2.55 bits per heavy atom. The van der Waals surface area contributed by atoms with Gasteiger partial charge < -0.3 is 4.89 Å². The molecule has 0 spiro atoms. The van der Waals surface area contributed by atoms with E-state index in [1.165, 1.54) is 0 Å². The molecule has 1 fully saturated rings. The van der Waals surface area contributed by atoms with Crippen molar-refractivity contribution in [1.82, 2.24) is 0 Å². The highest BCUT2D eigenvalue weighted by Gasteiger charge is 2.54. The second-order valence-electron chi connectivity index (χ2n) is 2.25. The summed E-state index contributed by atoms with van der Waals surface area (Å²) >= 11 is 0. The maximum Gasteiger partial charge on any atom is 0.477 e. The smallest absolute Gasteiger partial charge is 0.302 e. The van der Waals surface area contributed by atoms with Gasteiger partial charge in [0.05, 0.1) is 12.5 Å². The lowest BCUT2D eigenvalue weighted by Gasteiger charge is -2.40. The van der Waals surface area contributed by atoms with E-state index in [0.717, 1.165) is 0 Å². The Bertz CT molecular complexity index is 235. The van der Waals surface area contributed by atoms with Crippen LogP contribution in [0.4, 0.5) is 0 Å². The zero-order valence-corrected chi connectivity index (χ0v) is 6.88. The molecule has 0 atom stereocenters. The minimum Gasteiger partial charge on any atom is -0.302 e. The van der Waals surface area contributed by atoms with Crippen LogP contribution in [0, 0.1) is 11.3 Å². The first kappa shape index (κ1) is 8.69. The normalized spacial score (nSPS) is 42.6. The number of phosphoric ester groups is 1. The first-order chi connectivity index (χ1) is 5.04. The molecule has 1 aliphatic rings. The predicted molar refractivity (Wildman–Crippen MR) is 35.2 cm³/mol. The highest BCUT2D eigenvalue weighted by Crippen LogP contribution is 2.63. The first-order valence-corrected chi connectivity index (χ1v) is 4.64. The SMILES string of the molecule is CCC1(CC#N)OP(=O)(O)O1. The topological polar surface area (TPSA) is 79.5 Å². The van der Waals surface area contributed by atoms with Crippen molar-refractivity contribution in [2.75, 3.05) is 0 Å². The molecule has 0 radical (unpaired) electrons. The van der Waals surface area contributed by atoms with Crippen LogP contribution in [0.2, 0.25) is 0 Å². The van der Waals surface area contributed by atoms with Crippen molar-refractivity contribution >= 4 is 7.82 Å². The van der Waals surface area contributed by atoms with E-state index in [0.29, 0.717) is 6.42 Å². The molecule has 0 saturated carbocycles.